The fourth-order valence-corrected chi connectivity index (χ4v) is 4.41. The van der Waals surface area contributed by atoms with Gasteiger partial charge in [0.2, 0.25) is 5.91 Å². The van der Waals surface area contributed by atoms with Gasteiger partial charge < -0.3 is 5.11 Å². The second kappa shape index (κ2) is 9.77. The minimum absolute atomic E-state index is 0.00322. The van der Waals surface area contributed by atoms with Crippen LogP contribution in [0.2, 0.25) is 0 Å². The third-order valence-corrected chi connectivity index (χ3v) is 6.19. The van der Waals surface area contributed by atoms with Crippen LogP contribution < -0.4 is 5.01 Å². The molecule has 0 atom stereocenters. The molecule has 0 aliphatic heterocycles. The zero-order valence-electron chi connectivity index (χ0n) is 18.5. The number of nitrogens with zero attached hydrogens (tertiary/aromatic N) is 2. The Bertz CT molecular complexity index is 789. The Labute approximate surface area is 179 Å². The number of carboxylic acid groups (broad SMARTS) is 1. The van der Waals surface area contributed by atoms with Crippen LogP contribution in [0.25, 0.3) is 0 Å². The molecular formula is C23H34N2O3S. The van der Waals surface area contributed by atoms with Gasteiger partial charge in [0.1, 0.15) is 4.88 Å². The third kappa shape index (κ3) is 6.32. The molecule has 5 nitrogen and oxygen atoms in total. The van der Waals surface area contributed by atoms with Gasteiger partial charge in [-0.25, -0.2) is 14.8 Å². The second-order valence-corrected chi connectivity index (χ2v) is 10.2. The van der Waals surface area contributed by atoms with Gasteiger partial charge in [-0.15, -0.1) is 11.3 Å². The van der Waals surface area contributed by atoms with Gasteiger partial charge in [0.05, 0.1) is 10.6 Å². The monoisotopic (exact) mass is 418 g/mol. The van der Waals surface area contributed by atoms with Gasteiger partial charge in [-0.05, 0) is 64.9 Å². The molecule has 0 bridgehead atoms. The summed E-state index contributed by atoms with van der Waals surface area (Å²) in [5.74, 6) is 5.83. The van der Waals surface area contributed by atoms with Crippen LogP contribution in [0.15, 0.2) is 6.07 Å². The molecule has 2 rings (SSSR count). The van der Waals surface area contributed by atoms with E-state index in [4.69, 9.17) is 0 Å². The minimum Gasteiger partial charge on any atom is -0.477 e. The number of aromatic carboxylic acids is 1. The van der Waals surface area contributed by atoms with Gasteiger partial charge in [0.25, 0.3) is 0 Å². The molecule has 1 heterocycles. The van der Waals surface area contributed by atoms with Crippen molar-refractivity contribution in [2.45, 2.75) is 66.7 Å². The van der Waals surface area contributed by atoms with Crippen molar-refractivity contribution in [1.82, 2.24) is 5.01 Å². The molecule has 1 aliphatic rings. The molecule has 0 aromatic carbocycles. The van der Waals surface area contributed by atoms with E-state index in [1.54, 1.807) is 11.1 Å². The number of hydrogen-bond acceptors (Lipinski definition) is 4. The Hall–Kier alpha value is -1.84. The molecule has 6 heteroatoms. The van der Waals surface area contributed by atoms with Crippen LogP contribution in [-0.4, -0.2) is 35.6 Å². The van der Waals surface area contributed by atoms with Crippen molar-refractivity contribution >= 4 is 28.9 Å². The first-order valence-electron chi connectivity index (χ1n) is 10.5. The zero-order valence-corrected chi connectivity index (χ0v) is 19.4. The van der Waals surface area contributed by atoms with Gasteiger partial charge in [0.15, 0.2) is 0 Å². The number of hydrogen-bond donors (Lipinski definition) is 1. The van der Waals surface area contributed by atoms with E-state index in [1.807, 2.05) is 39.8 Å². The number of thiophene rings is 1. The highest BCUT2D eigenvalue weighted by molar-refractivity contribution is 7.15. The summed E-state index contributed by atoms with van der Waals surface area (Å²) in [6, 6.07) is 1.77. The third-order valence-electron chi connectivity index (χ3n) is 5.16. The Morgan fingerprint density at radius 2 is 1.86 bits per heavy atom. The molecule has 1 saturated carbocycles. The fraction of sp³-hybridized carbons (Fsp3) is 0.652. The lowest BCUT2D eigenvalue weighted by atomic mass is 9.82. The van der Waals surface area contributed by atoms with Crippen LogP contribution >= 0.6 is 11.3 Å². The largest absolute Gasteiger partial charge is 0.477 e. The number of carboxylic acids is 1. The molecule has 29 heavy (non-hydrogen) atoms. The lowest BCUT2D eigenvalue weighted by molar-refractivity contribution is -0.126. The van der Waals surface area contributed by atoms with Crippen LogP contribution in [0.3, 0.4) is 0 Å². The van der Waals surface area contributed by atoms with Gasteiger partial charge in [0, 0.05) is 24.9 Å². The molecule has 1 fully saturated rings. The highest BCUT2D eigenvalue weighted by Gasteiger charge is 2.34. The summed E-state index contributed by atoms with van der Waals surface area (Å²) in [7, 11) is 1.86. The topological polar surface area (TPSA) is 60.9 Å². The molecular weight excluding hydrogens is 384 g/mol. The number of anilines is 1. The maximum absolute atomic E-state index is 13.5. The molecule has 1 aliphatic carbocycles. The first kappa shape index (κ1) is 23.4. The second-order valence-electron chi connectivity index (χ2n) is 9.12. The van der Waals surface area contributed by atoms with Crippen molar-refractivity contribution in [3.8, 4) is 11.8 Å². The summed E-state index contributed by atoms with van der Waals surface area (Å²) < 4.78 is 0. The first-order chi connectivity index (χ1) is 13.5. The Morgan fingerprint density at radius 1 is 1.24 bits per heavy atom. The Kier molecular flexibility index (Phi) is 7.90. The van der Waals surface area contributed by atoms with Crippen molar-refractivity contribution < 1.29 is 14.7 Å². The van der Waals surface area contributed by atoms with Crippen LogP contribution in [0.1, 0.15) is 81.3 Å². The van der Waals surface area contributed by atoms with Crippen LogP contribution in [0.4, 0.5) is 5.69 Å². The van der Waals surface area contributed by atoms with Gasteiger partial charge in [-0.2, -0.15) is 0 Å². The van der Waals surface area contributed by atoms with Crippen molar-refractivity contribution in [1.29, 1.82) is 0 Å². The highest BCUT2D eigenvalue weighted by atomic mass is 32.1. The van der Waals surface area contributed by atoms with Crippen LogP contribution in [-0.2, 0) is 4.79 Å². The maximum Gasteiger partial charge on any atom is 0.348 e. The Balaban J connectivity index is 2.46. The summed E-state index contributed by atoms with van der Waals surface area (Å²) in [5, 5.41) is 13.3. The number of carbonyl (C=O) groups is 2. The Morgan fingerprint density at radius 3 is 2.38 bits per heavy atom. The number of carbonyl (C=O) groups excluding carboxylic acids is 1. The first-order valence-corrected chi connectivity index (χ1v) is 11.3. The van der Waals surface area contributed by atoms with Gasteiger partial charge in [-0.1, -0.05) is 25.7 Å². The van der Waals surface area contributed by atoms with E-state index in [1.165, 1.54) is 0 Å². The average molecular weight is 419 g/mol. The summed E-state index contributed by atoms with van der Waals surface area (Å²) >= 11 is 1.14. The maximum atomic E-state index is 13.5. The van der Waals surface area contributed by atoms with Crippen LogP contribution in [0.5, 0.6) is 0 Å². The molecule has 0 saturated heterocycles. The van der Waals surface area contributed by atoms with Gasteiger partial charge >= 0.3 is 5.97 Å². The summed E-state index contributed by atoms with van der Waals surface area (Å²) in [5.41, 5.74) is 0.265. The molecule has 1 N–H and O–H groups in total. The van der Waals surface area contributed by atoms with E-state index < -0.39 is 5.97 Å². The standard InChI is InChI=1S/C23H34N2O3S/c1-7-14-24(6)25(21(26)17-10-8-16(2)9-11-17)19-15-18(12-13-23(3,4)5)29-20(19)22(27)28/h15-17H,7-11,14H2,1-6H3,(H,27,28). The number of rotatable bonds is 6. The quantitative estimate of drug-likeness (QED) is 0.506. The van der Waals surface area contributed by atoms with Crippen LogP contribution in [0, 0.1) is 29.1 Å². The molecule has 1 aromatic heterocycles. The summed E-state index contributed by atoms with van der Waals surface area (Å²) in [6.45, 7) is 11.0. The molecule has 160 valence electrons. The molecule has 0 unspecified atom stereocenters. The predicted molar refractivity (Wildman–Crippen MR) is 119 cm³/mol. The lowest BCUT2D eigenvalue weighted by Crippen LogP contribution is -2.48. The lowest BCUT2D eigenvalue weighted by Gasteiger charge is -2.36. The van der Waals surface area contributed by atoms with E-state index in [9.17, 15) is 14.7 Å². The SMILES string of the molecule is CCCN(C)N(C(=O)C1CCC(C)CC1)c1cc(C#CC(C)(C)C)sc1C(=O)O. The average Bonchev–Trinajstić information content (AvgIpc) is 3.04. The smallest absolute Gasteiger partial charge is 0.348 e. The summed E-state index contributed by atoms with van der Waals surface area (Å²) in [4.78, 5) is 26.3. The van der Waals surface area contributed by atoms with Crippen molar-refractivity contribution in [3.05, 3.63) is 15.8 Å². The van der Waals surface area contributed by atoms with Gasteiger partial charge in [-0.3, -0.25) is 4.79 Å². The molecule has 1 amide bonds. The number of hydrazine groups is 1. The predicted octanol–water partition coefficient (Wildman–Crippen LogP) is 5.26. The van der Waals surface area contributed by atoms with E-state index in [0.29, 0.717) is 23.0 Å². The van der Waals surface area contributed by atoms with Crippen molar-refractivity contribution in [2.24, 2.45) is 17.3 Å². The molecule has 0 spiro atoms. The normalized spacial score (nSPS) is 19.6. The van der Waals surface area contributed by atoms with E-state index in [0.717, 1.165) is 43.4 Å². The van der Waals surface area contributed by atoms with E-state index >= 15 is 0 Å². The molecule has 0 radical (unpaired) electrons. The van der Waals surface area contributed by atoms with E-state index in [-0.39, 0.29) is 22.1 Å². The number of amides is 1. The highest BCUT2D eigenvalue weighted by Crippen LogP contribution is 2.35. The van der Waals surface area contributed by atoms with Crippen molar-refractivity contribution in [3.63, 3.8) is 0 Å². The zero-order chi connectivity index (χ0) is 21.8. The fourth-order valence-electron chi connectivity index (χ4n) is 3.58. The van der Waals surface area contributed by atoms with E-state index in [2.05, 4.69) is 18.8 Å². The summed E-state index contributed by atoms with van der Waals surface area (Å²) in [6.07, 6.45) is 4.67. The molecule has 1 aromatic rings. The van der Waals surface area contributed by atoms with Crippen molar-refractivity contribution in [2.75, 3.05) is 18.6 Å². The minimum atomic E-state index is -1.02.